The number of halogens is 1. The molecule has 7 heteroatoms. The van der Waals surface area contributed by atoms with Gasteiger partial charge in [-0.05, 0) is 48.4 Å². The van der Waals surface area contributed by atoms with Crippen LogP contribution in [0, 0.1) is 5.82 Å². The Hall–Kier alpha value is -3.19. The van der Waals surface area contributed by atoms with Gasteiger partial charge in [-0.15, -0.1) is 11.3 Å². The molecule has 0 radical (unpaired) electrons. The van der Waals surface area contributed by atoms with Crippen LogP contribution in [0.25, 0.3) is 10.4 Å². The maximum absolute atomic E-state index is 13.1. The van der Waals surface area contributed by atoms with Crippen molar-refractivity contribution in [2.45, 2.75) is 13.3 Å². The smallest absolute Gasteiger partial charge is 0.264 e. The number of carbonyl (C=O) groups is 2. The fourth-order valence-corrected chi connectivity index (χ4v) is 3.99. The van der Waals surface area contributed by atoms with Crippen LogP contribution in [0.2, 0.25) is 0 Å². The number of para-hydroxylation sites is 2. The maximum atomic E-state index is 13.1. The average Bonchev–Trinajstić information content (AvgIpc) is 3.24. The highest BCUT2D eigenvalue weighted by molar-refractivity contribution is 7.17. The molecule has 1 aromatic heterocycles. The first-order valence-electron chi connectivity index (χ1n) is 9.59. The summed E-state index contributed by atoms with van der Waals surface area (Å²) < 4.78 is 18.4. The van der Waals surface area contributed by atoms with Crippen molar-refractivity contribution in [3.05, 3.63) is 71.4 Å². The molecule has 5 nitrogen and oxygen atoms in total. The highest BCUT2D eigenvalue weighted by atomic mass is 32.1. The van der Waals surface area contributed by atoms with Crippen LogP contribution in [0.4, 0.5) is 10.1 Å². The van der Waals surface area contributed by atoms with E-state index in [9.17, 15) is 14.0 Å². The Morgan fingerprint density at radius 2 is 1.80 bits per heavy atom. The van der Waals surface area contributed by atoms with Gasteiger partial charge in [0.2, 0.25) is 5.91 Å². The number of hydrogen-bond acceptors (Lipinski definition) is 4. The third kappa shape index (κ3) is 5.24. The van der Waals surface area contributed by atoms with E-state index in [4.69, 9.17) is 4.74 Å². The van der Waals surface area contributed by atoms with Crippen LogP contribution in [0.3, 0.4) is 0 Å². The summed E-state index contributed by atoms with van der Waals surface area (Å²) >= 11 is 1.33. The molecule has 3 rings (SSSR count). The third-order valence-corrected chi connectivity index (χ3v) is 5.56. The van der Waals surface area contributed by atoms with Gasteiger partial charge in [-0.1, -0.05) is 31.2 Å². The van der Waals surface area contributed by atoms with Gasteiger partial charge < -0.3 is 15.0 Å². The van der Waals surface area contributed by atoms with Gasteiger partial charge in [0.15, 0.2) is 0 Å². The van der Waals surface area contributed by atoms with Crippen molar-refractivity contribution in [3.63, 3.8) is 0 Å². The second kappa shape index (κ2) is 10.0. The molecule has 0 bridgehead atoms. The van der Waals surface area contributed by atoms with Crippen LogP contribution in [-0.2, 0) is 4.79 Å². The number of carbonyl (C=O) groups excluding carboxylic acids is 2. The van der Waals surface area contributed by atoms with Gasteiger partial charge in [0.05, 0.1) is 17.7 Å². The maximum Gasteiger partial charge on any atom is 0.264 e. The van der Waals surface area contributed by atoms with E-state index in [2.05, 4.69) is 5.32 Å². The fourth-order valence-electron chi connectivity index (χ4n) is 3.01. The molecule has 0 fully saturated rings. The molecule has 2 amide bonds. The molecule has 0 saturated carbocycles. The summed E-state index contributed by atoms with van der Waals surface area (Å²) in [4.78, 5) is 28.5. The molecule has 0 saturated heterocycles. The highest BCUT2D eigenvalue weighted by Gasteiger charge is 2.21. The first-order valence-corrected chi connectivity index (χ1v) is 10.4. The van der Waals surface area contributed by atoms with Crippen molar-refractivity contribution in [1.82, 2.24) is 4.90 Å². The topological polar surface area (TPSA) is 58.6 Å². The van der Waals surface area contributed by atoms with Gasteiger partial charge in [-0.25, -0.2) is 4.39 Å². The molecule has 0 aliphatic heterocycles. The molecule has 2 aromatic carbocycles. The van der Waals surface area contributed by atoms with E-state index in [0.29, 0.717) is 22.9 Å². The van der Waals surface area contributed by atoms with E-state index in [1.807, 2.05) is 19.1 Å². The first-order chi connectivity index (χ1) is 14.5. The van der Waals surface area contributed by atoms with E-state index in [-0.39, 0.29) is 24.2 Å². The number of ether oxygens (including phenoxy) is 1. The SMILES string of the molecule is CCCN(CC(=O)Nc1ccccc1OC)C(=O)c1ccc(-c2ccc(F)cc2)s1. The number of rotatable bonds is 8. The number of nitrogens with one attached hydrogen (secondary N) is 1. The number of hydrogen-bond donors (Lipinski definition) is 1. The zero-order valence-electron chi connectivity index (χ0n) is 16.9. The van der Waals surface area contributed by atoms with Crippen molar-refractivity contribution in [1.29, 1.82) is 0 Å². The Labute approximate surface area is 179 Å². The van der Waals surface area contributed by atoms with Crippen molar-refractivity contribution in [2.24, 2.45) is 0 Å². The van der Waals surface area contributed by atoms with Crippen molar-refractivity contribution >= 4 is 28.8 Å². The Balaban J connectivity index is 1.71. The number of thiophene rings is 1. The molecule has 1 N–H and O–H groups in total. The number of methoxy groups -OCH3 is 1. The summed E-state index contributed by atoms with van der Waals surface area (Å²) in [6.45, 7) is 2.35. The summed E-state index contributed by atoms with van der Waals surface area (Å²) in [6, 6.07) is 16.8. The summed E-state index contributed by atoms with van der Waals surface area (Å²) in [7, 11) is 1.54. The third-order valence-electron chi connectivity index (χ3n) is 4.44. The first kappa shape index (κ1) is 21.5. The molecule has 0 spiro atoms. The lowest BCUT2D eigenvalue weighted by Crippen LogP contribution is -2.38. The predicted octanol–water partition coefficient (Wildman–Crippen LogP) is 5.05. The van der Waals surface area contributed by atoms with Crippen molar-refractivity contribution in [3.8, 4) is 16.2 Å². The number of nitrogens with zero attached hydrogens (tertiary/aromatic N) is 1. The summed E-state index contributed by atoms with van der Waals surface area (Å²) in [5, 5.41) is 2.80. The normalized spacial score (nSPS) is 10.5. The largest absolute Gasteiger partial charge is 0.495 e. The summed E-state index contributed by atoms with van der Waals surface area (Å²) in [5.74, 6) is -0.245. The standard InChI is InChI=1S/C23H23FN2O3S/c1-3-14-26(15-22(27)25-18-6-4-5-7-19(18)29-2)23(28)21-13-12-20(30-21)16-8-10-17(24)11-9-16/h4-13H,3,14-15H2,1-2H3,(H,25,27). The monoisotopic (exact) mass is 426 g/mol. The van der Waals surface area contributed by atoms with Gasteiger partial charge in [0.1, 0.15) is 18.1 Å². The quantitative estimate of drug-likeness (QED) is 0.548. The van der Waals surface area contributed by atoms with Gasteiger partial charge in [-0.2, -0.15) is 0 Å². The van der Waals surface area contributed by atoms with E-state index in [1.54, 1.807) is 36.4 Å². The van der Waals surface area contributed by atoms with Crippen molar-refractivity contribution < 1.29 is 18.7 Å². The molecule has 156 valence electrons. The van der Waals surface area contributed by atoms with Gasteiger partial charge in [-0.3, -0.25) is 9.59 Å². The Morgan fingerprint density at radius 1 is 1.07 bits per heavy atom. The number of benzene rings is 2. The Morgan fingerprint density at radius 3 is 2.50 bits per heavy atom. The molecular weight excluding hydrogens is 403 g/mol. The Bertz CT molecular complexity index is 1020. The number of anilines is 1. The van der Waals surface area contributed by atoms with Crippen LogP contribution in [0.15, 0.2) is 60.7 Å². The minimum Gasteiger partial charge on any atom is -0.495 e. The lowest BCUT2D eigenvalue weighted by atomic mass is 10.2. The minimum absolute atomic E-state index is 0.0610. The second-order valence-corrected chi connectivity index (χ2v) is 7.73. The molecule has 0 unspecified atom stereocenters. The molecular formula is C23H23FN2O3S. The fraction of sp³-hybridized carbons (Fsp3) is 0.217. The zero-order valence-corrected chi connectivity index (χ0v) is 17.7. The molecule has 3 aromatic rings. The molecule has 1 heterocycles. The zero-order chi connectivity index (χ0) is 21.5. The van der Waals surface area contributed by atoms with Crippen LogP contribution in [0.1, 0.15) is 23.0 Å². The lowest BCUT2D eigenvalue weighted by Gasteiger charge is -2.21. The van der Waals surface area contributed by atoms with Crippen LogP contribution >= 0.6 is 11.3 Å². The van der Waals surface area contributed by atoms with E-state index >= 15 is 0 Å². The van der Waals surface area contributed by atoms with E-state index in [1.165, 1.54) is 35.5 Å². The van der Waals surface area contributed by atoms with Crippen molar-refractivity contribution in [2.75, 3.05) is 25.5 Å². The number of amides is 2. The summed E-state index contributed by atoms with van der Waals surface area (Å²) in [6.07, 6.45) is 0.726. The van der Waals surface area contributed by atoms with E-state index in [0.717, 1.165) is 16.9 Å². The molecule has 0 atom stereocenters. The highest BCUT2D eigenvalue weighted by Crippen LogP contribution is 2.29. The van der Waals surface area contributed by atoms with Crippen LogP contribution < -0.4 is 10.1 Å². The van der Waals surface area contributed by atoms with Gasteiger partial charge >= 0.3 is 0 Å². The molecule has 30 heavy (non-hydrogen) atoms. The van der Waals surface area contributed by atoms with Crippen LogP contribution in [0.5, 0.6) is 5.75 Å². The average molecular weight is 427 g/mol. The predicted molar refractivity (Wildman–Crippen MR) is 118 cm³/mol. The van der Waals surface area contributed by atoms with Crippen LogP contribution in [-0.4, -0.2) is 36.9 Å². The Kier molecular flexibility index (Phi) is 7.19. The summed E-state index contributed by atoms with van der Waals surface area (Å²) in [5.41, 5.74) is 1.40. The second-order valence-electron chi connectivity index (χ2n) is 6.65. The van der Waals surface area contributed by atoms with Gasteiger partial charge in [0, 0.05) is 11.4 Å². The van der Waals surface area contributed by atoms with E-state index < -0.39 is 0 Å². The van der Waals surface area contributed by atoms with Gasteiger partial charge in [0.25, 0.3) is 5.91 Å². The minimum atomic E-state index is -0.304. The molecule has 0 aliphatic rings. The lowest BCUT2D eigenvalue weighted by molar-refractivity contribution is -0.116. The molecule has 0 aliphatic carbocycles.